The van der Waals surface area contributed by atoms with Crippen LogP contribution in [-0.4, -0.2) is 19.0 Å². The van der Waals surface area contributed by atoms with Gasteiger partial charge in [0, 0.05) is 19.7 Å². The lowest BCUT2D eigenvalue weighted by atomic mass is 10.1. The highest BCUT2D eigenvalue weighted by Gasteiger charge is 2.24. The number of hydrogen-bond donors (Lipinski definition) is 0. The lowest BCUT2D eigenvalue weighted by Gasteiger charge is -2.12. The number of esters is 1. The van der Waals surface area contributed by atoms with Gasteiger partial charge in [0.25, 0.3) is 0 Å². The van der Waals surface area contributed by atoms with E-state index in [4.69, 9.17) is 25.8 Å². The minimum Gasteiger partial charge on any atom is -0.493 e. The number of benzene rings is 3. The molecular formula is C25H19ClINO4. The highest BCUT2D eigenvalue weighted by Crippen LogP contribution is 2.31. The third-order valence-corrected chi connectivity index (χ3v) is 6.44. The van der Waals surface area contributed by atoms with Gasteiger partial charge in [0.15, 0.2) is 17.2 Å². The first-order chi connectivity index (χ1) is 15.4. The highest BCUT2D eigenvalue weighted by atomic mass is 127. The maximum Gasteiger partial charge on any atom is 0.363 e. The van der Waals surface area contributed by atoms with E-state index < -0.39 is 5.97 Å². The number of aryl methyl sites for hydroxylation is 1. The number of ether oxygens (including phenoxy) is 3. The topological polar surface area (TPSA) is 57.1 Å². The normalized spacial score (nSPS) is 14.3. The Morgan fingerprint density at radius 3 is 2.66 bits per heavy atom. The molecule has 3 aromatic carbocycles. The molecule has 0 saturated heterocycles. The second-order valence-electron chi connectivity index (χ2n) is 7.09. The second kappa shape index (κ2) is 9.75. The quantitative estimate of drug-likeness (QED) is 0.205. The van der Waals surface area contributed by atoms with Gasteiger partial charge < -0.3 is 14.2 Å². The van der Waals surface area contributed by atoms with Crippen LogP contribution in [0, 0.1) is 10.5 Å². The van der Waals surface area contributed by atoms with Crippen LogP contribution in [0.3, 0.4) is 0 Å². The molecule has 0 spiro atoms. The summed E-state index contributed by atoms with van der Waals surface area (Å²) in [6.07, 6.45) is 1.66. The van der Waals surface area contributed by atoms with E-state index in [1.807, 2.05) is 55.5 Å². The van der Waals surface area contributed by atoms with Gasteiger partial charge in [-0.3, -0.25) is 0 Å². The molecule has 1 aliphatic rings. The largest absolute Gasteiger partial charge is 0.493 e. The molecule has 1 heterocycles. The van der Waals surface area contributed by atoms with Crippen molar-refractivity contribution in [2.24, 2.45) is 4.99 Å². The number of carbonyl (C=O) groups is 1. The van der Waals surface area contributed by atoms with Gasteiger partial charge in [0.05, 0.1) is 7.11 Å². The number of cyclic esters (lactones) is 1. The molecule has 0 saturated carbocycles. The van der Waals surface area contributed by atoms with Crippen molar-refractivity contribution in [2.75, 3.05) is 7.11 Å². The molecule has 5 nitrogen and oxygen atoms in total. The van der Waals surface area contributed by atoms with E-state index in [0.29, 0.717) is 29.0 Å². The van der Waals surface area contributed by atoms with Crippen LogP contribution < -0.4 is 9.47 Å². The van der Waals surface area contributed by atoms with Crippen LogP contribution in [0.2, 0.25) is 5.02 Å². The number of hydrogen-bond acceptors (Lipinski definition) is 5. The van der Waals surface area contributed by atoms with E-state index in [9.17, 15) is 4.79 Å². The Morgan fingerprint density at radius 2 is 1.91 bits per heavy atom. The van der Waals surface area contributed by atoms with Crippen LogP contribution >= 0.6 is 34.2 Å². The number of rotatable bonds is 6. The van der Waals surface area contributed by atoms with Crippen molar-refractivity contribution in [1.29, 1.82) is 0 Å². The van der Waals surface area contributed by atoms with Crippen molar-refractivity contribution >= 4 is 52.1 Å². The summed E-state index contributed by atoms with van der Waals surface area (Å²) in [5.74, 6) is 0.916. The number of carbonyl (C=O) groups excluding carboxylic acids is 1. The van der Waals surface area contributed by atoms with E-state index >= 15 is 0 Å². The molecule has 162 valence electrons. The van der Waals surface area contributed by atoms with Gasteiger partial charge in [-0.15, -0.1) is 0 Å². The monoisotopic (exact) mass is 559 g/mol. The first-order valence-corrected chi connectivity index (χ1v) is 11.2. The van der Waals surface area contributed by atoms with Crippen LogP contribution in [-0.2, 0) is 16.1 Å². The molecule has 3 aromatic rings. The molecule has 0 N–H and O–H groups in total. The Labute approximate surface area is 204 Å². The third kappa shape index (κ3) is 4.97. The highest BCUT2D eigenvalue weighted by molar-refractivity contribution is 14.1. The van der Waals surface area contributed by atoms with Crippen molar-refractivity contribution in [1.82, 2.24) is 0 Å². The zero-order valence-electron chi connectivity index (χ0n) is 17.4. The lowest BCUT2D eigenvalue weighted by molar-refractivity contribution is -0.129. The average molecular weight is 560 g/mol. The van der Waals surface area contributed by atoms with Gasteiger partial charge in [-0.2, -0.15) is 0 Å². The average Bonchev–Trinajstić information content (AvgIpc) is 3.15. The predicted molar refractivity (Wildman–Crippen MR) is 133 cm³/mol. The Bertz CT molecular complexity index is 1250. The third-order valence-electron chi connectivity index (χ3n) is 4.86. The maximum atomic E-state index is 12.4. The molecule has 32 heavy (non-hydrogen) atoms. The molecule has 0 aliphatic carbocycles. The number of halogens is 2. The van der Waals surface area contributed by atoms with E-state index in [-0.39, 0.29) is 5.70 Å². The van der Waals surface area contributed by atoms with Gasteiger partial charge in [-0.25, -0.2) is 9.79 Å². The summed E-state index contributed by atoms with van der Waals surface area (Å²) < 4.78 is 17.9. The smallest absolute Gasteiger partial charge is 0.363 e. The second-order valence-corrected chi connectivity index (χ2v) is 8.66. The molecule has 0 fully saturated rings. The molecule has 0 radical (unpaired) electrons. The van der Waals surface area contributed by atoms with Crippen molar-refractivity contribution in [3.8, 4) is 11.5 Å². The number of nitrogens with zero attached hydrogens (tertiary/aromatic N) is 1. The van der Waals surface area contributed by atoms with E-state index in [0.717, 1.165) is 25.8 Å². The van der Waals surface area contributed by atoms with Crippen molar-refractivity contribution in [3.05, 3.63) is 97.2 Å². The zero-order valence-corrected chi connectivity index (χ0v) is 20.3. The summed E-state index contributed by atoms with van der Waals surface area (Å²) in [6, 6.07) is 18.7. The summed E-state index contributed by atoms with van der Waals surface area (Å²) in [5, 5.41) is 0.643. The molecule has 0 bridgehead atoms. The first kappa shape index (κ1) is 22.4. The van der Waals surface area contributed by atoms with E-state index in [1.165, 1.54) is 0 Å². The summed E-state index contributed by atoms with van der Waals surface area (Å²) >= 11 is 8.45. The standard InChI is InChI=1S/C25H19ClINO4/c1-15-11-17(8-9-20(15)27)24-28-21(25(29)32-24)12-16-7-10-22(23(13-16)30-2)31-14-18-5-3-4-6-19(18)26/h3-13H,14H2,1-2H3/b21-12-. The summed E-state index contributed by atoms with van der Waals surface area (Å²) in [7, 11) is 1.56. The Hall–Kier alpha value is -2.84. The van der Waals surface area contributed by atoms with Crippen molar-refractivity contribution < 1.29 is 19.0 Å². The Morgan fingerprint density at radius 1 is 1.09 bits per heavy atom. The molecule has 7 heteroatoms. The minimum absolute atomic E-state index is 0.225. The van der Waals surface area contributed by atoms with E-state index in [1.54, 1.807) is 25.3 Å². The molecule has 1 aliphatic heterocycles. The summed E-state index contributed by atoms with van der Waals surface area (Å²) in [6.45, 7) is 2.31. The van der Waals surface area contributed by atoms with Crippen LogP contribution in [0.5, 0.6) is 11.5 Å². The summed E-state index contributed by atoms with van der Waals surface area (Å²) in [4.78, 5) is 16.7. The first-order valence-electron chi connectivity index (χ1n) is 9.78. The van der Waals surface area contributed by atoms with Crippen LogP contribution in [0.4, 0.5) is 0 Å². The molecule has 0 aromatic heterocycles. The van der Waals surface area contributed by atoms with Gasteiger partial charge in [0.2, 0.25) is 5.90 Å². The van der Waals surface area contributed by atoms with Gasteiger partial charge in [0.1, 0.15) is 6.61 Å². The fourth-order valence-corrected chi connectivity index (χ4v) is 3.66. The summed E-state index contributed by atoms with van der Waals surface area (Å²) in [5.41, 5.74) is 3.70. The maximum absolute atomic E-state index is 12.4. The van der Waals surface area contributed by atoms with Crippen LogP contribution in [0.15, 0.2) is 71.4 Å². The van der Waals surface area contributed by atoms with Crippen LogP contribution in [0.1, 0.15) is 22.3 Å². The fraction of sp³-hybridized carbons (Fsp3) is 0.120. The predicted octanol–water partition coefficient (Wildman–Crippen LogP) is 6.19. The van der Waals surface area contributed by atoms with Crippen molar-refractivity contribution in [3.63, 3.8) is 0 Å². The number of methoxy groups -OCH3 is 1. The SMILES string of the molecule is COc1cc(/C=C2\N=C(c3ccc(I)c(C)c3)OC2=O)ccc1OCc1ccccc1Cl. The molecule has 0 unspecified atom stereocenters. The van der Waals surface area contributed by atoms with Crippen molar-refractivity contribution in [2.45, 2.75) is 13.5 Å². The van der Waals surface area contributed by atoms with Gasteiger partial charge in [-0.1, -0.05) is 35.9 Å². The fourth-order valence-electron chi connectivity index (χ4n) is 3.13. The Balaban J connectivity index is 1.55. The van der Waals surface area contributed by atoms with Gasteiger partial charge in [-0.05, 0) is 83.1 Å². The molecule has 0 amide bonds. The minimum atomic E-state index is -0.491. The van der Waals surface area contributed by atoms with Crippen LogP contribution in [0.25, 0.3) is 6.08 Å². The lowest BCUT2D eigenvalue weighted by Crippen LogP contribution is -2.05. The molecule has 0 atom stereocenters. The number of aliphatic imine (C=N–C) groups is 1. The molecular weight excluding hydrogens is 541 g/mol. The Kier molecular flexibility index (Phi) is 6.81. The molecule has 4 rings (SSSR count). The zero-order chi connectivity index (χ0) is 22.7. The van der Waals surface area contributed by atoms with Gasteiger partial charge >= 0.3 is 5.97 Å². The van der Waals surface area contributed by atoms with E-state index in [2.05, 4.69) is 27.6 Å².